The van der Waals surface area contributed by atoms with Gasteiger partial charge < -0.3 is 10.2 Å². The van der Waals surface area contributed by atoms with Crippen molar-refractivity contribution in [3.8, 4) is 11.4 Å². The van der Waals surface area contributed by atoms with Crippen LogP contribution in [0.3, 0.4) is 0 Å². The molecule has 1 aliphatic carbocycles. The molecule has 0 spiro atoms. The maximum atomic E-state index is 12.8. The van der Waals surface area contributed by atoms with E-state index in [1.165, 1.54) is 19.3 Å². The zero-order valence-electron chi connectivity index (χ0n) is 15.7. The Kier molecular flexibility index (Phi) is 6.21. The smallest absolute Gasteiger partial charge is 0.270 e. The molecule has 3 rings (SSSR count). The number of carbonyl (C=O) groups excluding carboxylic acids is 1. The van der Waals surface area contributed by atoms with Crippen LogP contribution in [0.2, 0.25) is 0 Å². The fraction of sp³-hybridized carbons (Fsp3) is 0.476. The van der Waals surface area contributed by atoms with Gasteiger partial charge in [-0.1, -0.05) is 49.6 Å². The topological polar surface area (TPSA) is 58.1 Å². The normalized spacial score (nSPS) is 14.8. The van der Waals surface area contributed by atoms with Gasteiger partial charge in [0.05, 0.1) is 0 Å². The average molecular weight is 352 g/mol. The van der Waals surface area contributed by atoms with Crippen molar-refractivity contribution >= 4 is 11.7 Å². The van der Waals surface area contributed by atoms with Gasteiger partial charge in [-0.2, -0.15) is 0 Å². The third-order valence-corrected chi connectivity index (χ3v) is 5.01. The molecule has 0 saturated heterocycles. The van der Waals surface area contributed by atoms with Crippen molar-refractivity contribution in [2.45, 2.75) is 52.0 Å². The second-order valence-corrected chi connectivity index (χ2v) is 6.78. The van der Waals surface area contributed by atoms with Crippen LogP contribution in [0.1, 0.15) is 56.4 Å². The molecule has 1 fully saturated rings. The first-order valence-electron chi connectivity index (χ1n) is 9.71. The quantitative estimate of drug-likeness (QED) is 0.852. The van der Waals surface area contributed by atoms with Crippen LogP contribution in [0.15, 0.2) is 36.4 Å². The molecule has 0 radical (unpaired) electrons. The highest BCUT2D eigenvalue weighted by Crippen LogP contribution is 2.21. The summed E-state index contributed by atoms with van der Waals surface area (Å²) in [6.45, 7) is 5.86. The molecule has 1 aromatic heterocycles. The first-order chi connectivity index (χ1) is 12.7. The second-order valence-electron chi connectivity index (χ2n) is 6.78. The van der Waals surface area contributed by atoms with Gasteiger partial charge in [0, 0.05) is 30.8 Å². The molecule has 1 N–H and O–H groups in total. The summed E-state index contributed by atoms with van der Waals surface area (Å²) in [5.41, 5.74) is 1.37. The second kappa shape index (κ2) is 8.79. The Morgan fingerprint density at radius 2 is 1.77 bits per heavy atom. The van der Waals surface area contributed by atoms with Gasteiger partial charge in [0.2, 0.25) is 0 Å². The summed E-state index contributed by atoms with van der Waals surface area (Å²) >= 11 is 0. The highest BCUT2D eigenvalue weighted by molar-refractivity contribution is 5.93. The first kappa shape index (κ1) is 18.4. The maximum absolute atomic E-state index is 12.8. The van der Waals surface area contributed by atoms with Crippen molar-refractivity contribution in [3.05, 3.63) is 42.1 Å². The van der Waals surface area contributed by atoms with E-state index in [1.54, 1.807) is 0 Å². The van der Waals surface area contributed by atoms with E-state index in [-0.39, 0.29) is 11.9 Å². The van der Waals surface area contributed by atoms with Crippen LogP contribution in [0, 0.1) is 0 Å². The Labute approximate surface area is 155 Å². The number of nitrogens with one attached hydrogen (secondary N) is 1. The number of amides is 1. The van der Waals surface area contributed by atoms with Gasteiger partial charge in [-0.25, -0.2) is 9.97 Å². The standard InChI is InChI=1S/C21H28N4O/c1-3-25(4-2)19-15-18(21(26)22-17-13-9-6-10-14-17)23-20(24-19)16-11-7-5-8-12-16/h5,7-8,11-12,15,17H,3-4,6,9-10,13-14H2,1-2H3,(H,22,26). The number of nitrogens with zero attached hydrogens (tertiary/aromatic N) is 3. The minimum absolute atomic E-state index is 0.0927. The van der Waals surface area contributed by atoms with Gasteiger partial charge in [0.1, 0.15) is 11.5 Å². The summed E-state index contributed by atoms with van der Waals surface area (Å²) in [6.07, 6.45) is 5.77. The van der Waals surface area contributed by atoms with Gasteiger partial charge in [-0.15, -0.1) is 0 Å². The van der Waals surface area contributed by atoms with E-state index in [0.29, 0.717) is 11.5 Å². The minimum atomic E-state index is -0.0927. The van der Waals surface area contributed by atoms with E-state index in [9.17, 15) is 4.79 Å². The zero-order chi connectivity index (χ0) is 18.4. The highest BCUT2D eigenvalue weighted by atomic mass is 16.1. The molecular weight excluding hydrogens is 324 g/mol. The van der Waals surface area contributed by atoms with Gasteiger partial charge in [0.25, 0.3) is 5.91 Å². The maximum Gasteiger partial charge on any atom is 0.270 e. The Bertz CT molecular complexity index is 722. The molecule has 0 aliphatic heterocycles. The van der Waals surface area contributed by atoms with Crippen molar-refractivity contribution < 1.29 is 4.79 Å². The largest absolute Gasteiger partial charge is 0.357 e. The third-order valence-electron chi connectivity index (χ3n) is 5.01. The van der Waals surface area contributed by atoms with Crippen LogP contribution < -0.4 is 10.2 Å². The van der Waals surface area contributed by atoms with Gasteiger partial charge >= 0.3 is 0 Å². The lowest BCUT2D eigenvalue weighted by Crippen LogP contribution is -2.37. The molecule has 0 bridgehead atoms. The molecule has 1 heterocycles. The van der Waals surface area contributed by atoms with E-state index < -0.39 is 0 Å². The molecule has 138 valence electrons. The monoisotopic (exact) mass is 352 g/mol. The summed E-state index contributed by atoms with van der Waals surface area (Å²) in [6, 6.07) is 11.9. The molecule has 1 saturated carbocycles. The Balaban J connectivity index is 1.92. The number of hydrogen-bond donors (Lipinski definition) is 1. The van der Waals surface area contributed by atoms with Crippen LogP contribution in [0.25, 0.3) is 11.4 Å². The molecule has 26 heavy (non-hydrogen) atoms. The SMILES string of the molecule is CCN(CC)c1cc(C(=O)NC2CCCCC2)nc(-c2ccccc2)n1. The highest BCUT2D eigenvalue weighted by Gasteiger charge is 2.20. The van der Waals surface area contributed by atoms with E-state index in [1.807, 2.05) is 36.4 Å². The molecular formula is C21H28N4O. The zero-order valence-corrected chi connectivity index (χ0v) is 15.7. The van der Waals surface area contributed by atoms with E-state index in [4.69, 9.17) is 4.98 Å². The fourth-order valence-electron chi connectivity index (χ4n) is 3.48. The van der Waals surface area contributed by atoms with Crippen LogP contribution in [0.4, 0.5) is 5.82 Å². The summed E-state index contributed by atoms with van der Waals surface area (Å²) < 4.78 is 0. The number of hydrogen-bond acceptors (Lipinski definition) is 4. The van der Waals surface area contributed by atoms with Gasteiger partial charge in [-0.3, -0.25) is 4.79 Å². The summed E-state index contributed by atoms with van der Waals surface area (Å²) in [7, 11) is 0. The van der Waals surface area contributed by atoms with E-state index >= 15 is 0 Å². The molecule has 2 aromatic rings. The summed E-state index contributed by atoms with van der Waals surface area (Å²) in [4.78, 5) is 24.3. The Hall–Kier alpha value is -2.43. The van der Waals surface area contributed by atoms with Crippen molar-refractivity contribution in [1.29, 1.82) is 0 Å². The molecule has 1 aliphatic rings. The number of rotatable bonds is 6. The van der Waals surface area contributed by atoms with Crippen molar-refractivity contribution in [2.24, 2.45) is 0 Å². The molecule has 1 amide bonds. The average Bonchev–Trinajstić information content (AvgIpc) is 2.70. The predicted molar refractivity (Wildman–Crippen MR) is 105 cm³/mol. The van der Waals surface area contributed by atoms with Crippen LogP contribution in [0.5, 0.6) is 0 Å². The van der Waals surface area contributed by atoms with Gasteiger partial charge in [0.15, 0.2) is 5.82 Å². The Morgan fingerprint density at radius 1 is 1.08 bits per heavy atom. The summed E-state index contributed by atoms with van der Waals surface area (Å²) in [5.74, 6) is 1.31. The lowest BCUT2D eigenvalue weighted by Gasteiger charge is -2.24. The molecule has 5 heteroatoms. The molecule has 0 unspecified atom stereocenters. The van der Waals surface area contributed by atoms with Crippen LogP contribution in [-0.2, 0) is 0 Å². The van der Waals surface area contributed by atoms with Crippen LogP contribution >= 0.6 is 0 Å². The third kappa shape index (κ3) is 4.40. The fourth-order valence-corrected chi connectivity index (χ4v) is 3.48. The van der Waals surface area contributed by atoms with Crippen molar-refractivity contribution in [1.82, 2.24) is 15.3 Å². The Morgan fingerprint density at radius 3 is 2.42 bits per heavy atom. The molecule has 0 atom stereocenters. The van der Waals surface area contributed by atoms with Gasteiger partial charge in [-0.05, 0) is 26.7 Å². The lowest BCUT2D eigenvalue weighted by atomic mass is 9.95. The summed E-state index contributed by atoms with van der Waals surface area (Å²) in [5, 5.41) is 3.17. The predicted octanol–water partition coefficient (Wildman–Crippen LogP) is 4.05. The first-order valence-corrected chi connectivity index (χ1v) is 9.71. The number of carbonyl (C=O) groups is 1. The van der Waals surface area contributed by atoms with Crippen LogP contribution in [-0.4, -0.2) is 35.0 Å². The van der Waals surface area contributed by atoms with Crippen molar-refractivity contribution in [2.75, 3.05) is 18.0 Å². The number of anilines is 1. The van der Waals surface area contributed by atoms with E-state index in [0.717, 1.165) is 37.3 Å². The molecule has 1 aromatic carbocycles. The lowest BCUT2D eigenvalue weighted by molar-refractivity contribution is 0.0922. The van der Waals surface area contributed by atoms with E-state index in [2.05, 4.69) is 29.0 Å². The minimum Gasteiger partial charge on any atom is -0.357 e. The van der Waals surface area contributed by atoms with Crippen molar-refractivity contribution in [3.63, 3.8) is 0 Å². The number of aromatic nitrogens is 2. The number of benzene rings is 1. The molecule has 5 nitrogen and oxygen atoms in total.